The fourth-order valence-electron chi connectivity index (χ4n) is 3.63. The van der Waals surface area contributed by atoms with Gasteiger partial charge in [0.2, 0.25) is 5.88 Å². The molecule has 2 atom stereocenters. The van der Waals surface area contributed by atoms with Gasteiger partial charge in [-0.15, -0.1) is 11.3 Å². The number of carbonyl (C=O) groups excluding carboxylic acids is 1. The number of ether oxygens (including phenoxy) is 1. The molecule has 0 saturated heterocycles. The van der Waals surface area contributed by atoms with E-state index in [1.54, 1.807) is 0 Å². The third-order valence-corrected chi connectivity index (χ3v) is 6.56. The van der Waals surface area contributed by atoms with Crippen molar-refractivity contribution >= 4 is 33.0 Å². The molecule has 6 heteroatoms. The molecule has 1 aliphatic heterocycles. The molecule has 0 unspecified atom stereocenters. The fraction of sp³-hybridized carbons (Fsp3) is 0.200. The molecule has 1 aliphatic carbocycles. The van der Waals surface area contributed by atoms with E-state index in [4.69, 9.17) is 10.5 Å². The standard InChI is InChI=1S/C20H15BrN2O2S/c21-13-8-17(26-10-13)18-14(9-22)20(23)25-16-7-12(6-15(24)19(16)18)11-4-2-1-3-5-11/h1-5,8,10,12,18H,6-7,23H2/t12-,18-/m0/s1. The monoisotopic (exact) mass is 426 g/mol. The first-order valence-electron chi connectivity index (χ1n) is 8.21. The van der Waals surface area contributed by atoms with Gasteiger partial charge in [0.1, 0.15) is 17.4 Å². The maximum absolute atomic E-state index is 13.1. The number of hydrogen-bond donors (Lipinski definition) is 1. The van der Waals surface area contributed by atoms with Crippen LogP contribution in [0.5, 0.6) is 0 Å². The average Bonchev–Trinajstić information content (AvgIpc) is 3.07. The summed E-state index contributed by atoms with van der Waals surface area (Å²) in [6.45, 7) is 0. The van der Waals surface area contributed by atoms with E-state index >= 15 is 0 Å². The smallest absolute Gasteiger partial charge is 0.205 e. The molecule has 1 aromatic heterocycles. The zero-order valence-corrected chi connectivity index (χ0v) is 16.1. The Hall–Kier alpha value is -2.36. The molecule has 0 bridgehead atoms. The second-order valence-corrected chi connectivity index (χ2v) is 8.23. The Balaban J connectivity index is 1.79. The lowest BCUT2D eigenvalue weighted by atomic mass is 9.75. The van der Waals surface area contributed by atoms with Crippen molar-refractivity contribution in [3.8, 4) is 6.07 Å². The van der Waals surface area contributed by atoms with Crippen LogP contribution >= 0.6 is 27.3 Å². The highest BCUT2D eigenvalue weighted by atomic mass is 79.9. The molecule has 1 aromatic carbocycles. The van der Waals surface area contributed by atoms with Crippen LogP contribution in [0, 0.1) is 11.3 Å². The van der Waals surface area contributed by atoms with E-state index in [-0.39, 0.29) is 17.6 Å². The normalized spacial score (nSPS) is 22.7. The lowest BCUT2D eigenvalue weighted by molar-refractivity contribution is -0.117. The van der Waals surface area contributed by atoms with E-state index in [1.807, 2.05) is 41.8 Å². The van der Waals surface area contributed by atoms with Crippen molar-refractivity contribution in [2.75, 3.05) is 0 Å². The Morgan fingerprint density at radius 3 is 2.69 bits per heavy atom. The van der Waals surface area contributed by atoms with Crippen molar-refractivity contribution < 1.29 is 9.53 Å². The van der Waals surface area contributed by atoms with Crippen LogP contribution in [0.25, 0.3) is 0 Å². The highest BCUT2D eigenvalue weighted by Gasteiger charge is 2.41. The van der Waals surface area contributed by atoms with Crippen molar-refractivity contribution in [3.63, 3.8) is 0 Å². The van der Waals surface area contributed by atoms with E-state index in [0.29, 0.717) is 29.7 Å². The number of nitrogens with zero attached hydrogens (tertiary/aromatic N) is 1. The molecule has 0 spiro atoms. The maximum Gasteiger partial charge on any atom is 0.205 e. The summed E-state index contributed by atoms with van der Waals surface area (Å²) in [5, 5.41) is 11.5. The van der Waals surface area contributed by atoms with Crippen LogP contribution in [0.3, 0.4) is 0 Å². The topological polar surface area (TPSA) is 76.1 Å². The Kier molecular flexibility index (Phi) is 4.43. The van der Waals surface area contributed by atoms with E-state index < -0.39 is 5.92 Å². The van der Waals surface area contributed by atoms with Crippen LogP contribution in [0.1, 0.15) is 35.1 Å². The minimum atomic E-state index is -0.440. The summed E-state index contributed by atoms with van der Waals surface area (Å²) >= 11 is 4.95. The second kappa shape index (κ2) is 6.75. The molecule has 4 nitrogen and oxygen atoms in total. The van der Waals surface area contributed by atoms with Gasteiger partial charge in [-0.3, -0.25) is 4.79 Å². The predicted molar refractivity (Wildman–Crippen MR) is 103 cm³/mol. The number of rotatable bonds is 2. The second-order valence-electron chi connectivity index (χ2n) is 6.37. The summed E-state index contributed by atoms with van der Waals surface area (Å²) < 4.78 is 6.68. The summed E-state index contributed by atoms with van der Waals surface area (Å²) in [4.78, 5) is 14.0. The first-order chi connectivity index (χ1) is 12.6. The molecule has 2 aliphatic rings. The van der Waals surface area contributed by atoms with Crippen molar-refractivity contribution in [3.05, 3.63) is 79.5 Å². The number of thiophene rings is 1. The number of allylic oxidation sites excluding steroid dienone is 3. The lowest BCUT2D eigenvalue weighted by Crippen LogP contribution is -2.29. The molecule has 2 aromatic rings. The Labute approximate surface area is 163 Å². The van der Waals surface area contributed by atoms with Gasteiger partial charge in [-0.05, 0) is 33.5 Å². The maximum atomic E-state index is 13.1. The van der Waals surface area contributed by atoms with Crippen molar-refractivity contribution in [2.45, 2.75) is 24.7 Å². The van der Waals surface area contributed by atoms with E-state index in [1.165, 1.54) is 11.3 Å². The van der Waals surface area contributed by atoms with Gasteiger partial charge in [0.15, 0.2) is 5.78 Å². The van der Waals surface area contributed by atoms with Gasteiger partial charge < -0.3 is 10.5 Å². The first-order valence-corrected chi connectivity index (χ1v) is 9.88. The molecule has 0 fully saturated rings. The summed E-state index contributed by atoms with van der Waals surface area (Å²) in [5.41, 5.74) is 8.04. The van der Waals surface area contributed by atoms with Crippen LogP contribution in [-0.2, 0) is 9.53 Å². The molecule has 26 heavy (non-hydrogen) atoms. The Bertz CT molecular complexity index is 985. The molecular formula is C20H15BrN2O2S. The van der Waals surface area contributed by atoms with Crippen molar-refractivity contribution in [1.82, 2.24) is 0 Å². The number of halogens is 1. The third kappa shape index (κ3) is 2.87. The molecule has 130 valence electrons. The van der Waals surface area contributed by atoms with Gasteiger partial charge in [0.05, 0.1) is 5.92 Å². The zero-order chi connectivity index (χ0) is 18.3. The quantitative estimate of drug-likeness (QED) is 0.753. The van der Waals surface area contributed by atoms with Crippen LogP contribution in [-0.4, -0.2) is 5.78 Å². The van der Waals surface area contributed by atoms with Crippen LogP contribution < -0.4 is 5.73 Å². The van der Waals surface area contributed by atoms with E-state index in [0.717, 1.165) is 14.9 Å². The number of ketones is 1. The zero-order valence-electron chi connectivity index (χ0n) is 13.7. The van der Waals surface area contributed by atoms with Crippen LogP contribution in [0.4, 0.5) is 0 Å². The molecular weight excluding hydrogens is 412 g/mol. The van der Waals surface area contributed by atoms with Crippen molar-refractivity contribution in [2.24, 2.45) is 5.73 Å². The van der Waals surface area contributed by atoms with Gasteiger partial charge >= 0.3 is 0 Å². The highest BCUT2D eigenvalue weighted by molar-refractivity contribution is 9.10. The van der Waals surface area contributed by atoms with Crippen molar-refractivity contribution in [1.29, 1.82) is 5.26 Å². The van der Waals surface area contributed by atoms with Crippen LogP contribution in [0.15, 0.2) is 69.0 Å². The van der Waals surface area contributed by atoms with Gasteiger partial charge in [-0.1, -0.05) is 30.3 Å². The lowest BCUT2D eigenvalue weighted by Gasteiger charge is -2.33. The number of hydrogen-bond acceptors (Lipinski definition) is 5. The summed E-state index contributed by atoms with van der Waals surface area (Å²) in [5.74, 6) is 0.345. The van der Waals surface area contributed by atoms with Gasteiger partial charge in [-0.25, -0.2) is 0 Å². The third-order valence-electron chi connectivity index (χ3n) is 4.80. The largest absolute Gasteiger partial charge is 0.444 e. The molecule has 0 amide bonds. The van der Waals surface area contributed by atoms with Crippen LogP contribution in [0.2, 0.25) is 0 Å². The number of Topliss-reactive ketones (excluding diaryl/α,β-unsaturated/α-hetero) is 1. The number of carbonyl (C=O) groups is 1. The first kappa shape index (κ1) is 17.1. The molecule has 0 radical (unpaired) electrons. The molecule has 4 rings (SSSR count). The molecule has 2 heterocycles. The summed E-state index contributed by atoms with van der Waals surface area (Å²) in [7, 11) is 0. The fourth-order valence-corrected chi connectivity index (χ4v) is 5.19. The van der Waals surface area contributed by atoms with Gasteiger partial charge in [0.25, 0.3) is 0 Å². The number of nitriles is 1. The average molecular weight is 427 g/mol. The Morgan fingerprint density at radius 1 is 1.27 bits per heavy atom. The molecule has 2 N–H and O–H groups in total. The summed E-state index contributed by atoms with van der Waals surface area (Å²) in [6.07, 6.45) is 1.02. The minimum Gasteiger partial charge on any atom is -0.444 e. The number of benzene rings is 1. The Morgan fingerprint density at radius 2 is 2.04 bits per heavy atom. The minimum absolute atomic E-state index is 0.0230. The summed E-state index contributed by atoms with van der Waals surface area (Å²) in [6, 6.07) is 14.0. The SMILES string of the molecule is N#CC1=C(N)OC2=C(C(=O)C[C@H](c3ccccc3)C2)[C@@H]1c1cc(Br)cs1. The van der Waals surface area contributed by atoms with Gasteiger partial charge in [-0.2, -0.15) is 5.26 Å². The molecule has 0 saturated carbocycles. The van der Waals surface area contributed by atoms with E-state index in [9.17, 15) is 10.1 Å². The number of nitrogens with two attached hydrogens (primary N) is 1. The van der Waals surface area contributed by atoms with Gasteiger partial charge in [0, 0.05) is 33.1 Å². The van der Waals surface area contributed by atoms with E-state index in [2.05, 4.69) is 22.0 Å². The highest BCUT2D eigenvalue weighted by Crippen LogP contribution is 2.48. The predicted octanol–water partition coefficient (Wildman–Crippen LogP) is 4.72.